The van der Waals surface area contributed by atoms with E-state index in [2.05, 4.69) is 33.1 Å². The van der Waals surface area contributed by atoms with Crippen LogP contribution in [0.1, 0.15) is 31.2 Å². The average Bonchev–Trinajstić information content (AvgIpc) is 3.37. The Labute approximate surface area is 184 Å². The van der Waals surface area contributed by atoms with Gasteiger partial charge < -0.3 is 24.5 Å². The Bertz CT molecular complexity index is 1220. The van der Waals surface area contributed by atoms with E-state index in [0.717, 1.165) is 52.1 Å². The number of nitrogens with one attached hydrogen (secondary N) is 1. The number of rotatable bonds is 6. The maximum atomic E-state index is 10.2. The highest BCUT2D eigenvalue weighted by molar-refractivity contribution is 7.22. The lowest BCUT2D eigenvalue weighted by atomic mass is 9.93. The number of imidazole rings is 1. The van der Waals surface area contributed by atoms with Crippen molar-refractivity contribution in [1.82, 2.24) is 14.5 Å². The van der Waals surface area contributed by atoms with Gasteiger partial charge in [-0.3, -0.25) is 0 Å². The Kier molecular flexibility index (Phi) is 5.41. The predicted octanol–water partition coefficient (Wildman–Crippen LogP) is 4.43. The third kappa shape index (κ3) is 3.93. The molecule has 1 aliphatic carbocycles. The molecule has 5 rings (SSSR count). The van der Waals surface area contributed by atoms with E-state index in [-0.39, 0.29) is 12.1 Å². The third-order valence-corrected chi connectivity index (χ3v) is 6.92. The highest BCUT2D eigenvalue weighted by Crippen LogP contribution is 2.33. The molecule has 0 bridgehead atoms. The van der Waals surface area contributed by atoms with Gasteiger partial charge in [-0.05, 0) is 30.5 Å². The van der Waals surface area contributed by atoms with E-state index in [1.165, 1.54) is 5.56 Å². The Morgan fingerprint density at radius 2 is 1.90 bits per heavy atom. The average molecular weight is 439 g/mol. The van der Waals surface area contributed by atoms with Gasteiger partial charge >= 0.3 is 0 Å². The number of hydrogen-bond donors (Lipinski definition) is 2. The van der Waals surface area contributed by atoms with Crippen LogP contribution >= 0.6 is 11.3 Å². The Morgan fingerprint density at radius 1 is 1.10 bits per heavy atom. The zero-order valence-corrected chi connectivity index (χ0v) is 18.5. The molecule has 2 N–H and O–H groups in total. The number of ether oxygens (including phenoxy) is 2. The van der Waals surface area contributed by atoms with Gasteiger partial charge in [0.15, 0.2) is 16.6 Å². The molecule has 0 radical (unpaired) electrons. The zero-order chi connectivity index (χ0) is 21.4. The van der Waals surface area contributed by atoms with Crippen LogP contribution < -0.4 is 14.8 Å². The lowest BCUT2D eigenvalue weighted by molar-refractivity contribution is 0.116. The molecule has 2 atom stereocenters. The number of nitrogens with zero attached hydrogens (tertiary/aromatic N) is 3. The van der Waals surface area contributed by atoms with Crippen molar-refractivity contribution >= 4 is 37.7 Å². The minimum Gasteiger partial charge on any atom is -0.493 e. The van der Waals surface area contributed by atoms with Crippen molar-refractivity contribution in [3.63, 3.8) is 0 Å². The van der Waals surface area contributed by atoms with Gasteiger partial charge in [0, 0.05) is 18.7 Å². The molecule has 1 saturated carbocycles. The summed E-state index contributed by atoms with van der Waals surface area (Å²) in [4.78, 5) is 9.24. The van der Waals surface area contributed by atoms with Crippen molar-refractivity contribution in [3.05, 3.63) is 42.2 Å². The molecular weight excluding hydrogens is 412 g/mol. The summed E-state index contributed by atoms with van der Waals surface area (Å²) in [5.41, 5.74) is 4.02. The predicted molar refractivity (Wildman–Crippen MR) is 123 cm³/mol. The van der Waals surface area contributed by atoms with Crippen molar-refractivity contribution in [2.24, 2.45) is 0 Å². The zero-order valence-electron chi connectivity index (χ0n) is 17.7. The Balaban J connectivity index is 1.39. The monoisotopic (exact) mass is 438 g/mol. The third-order valence-electron chi connectivity index (χ3n) is 5.97. The van der Waals surface area contributed by atoms with E-state index in [0.29, 0.717) is 18.0 Å². The Hall–Kier alpha value is -2.84. The number of aliphatic hydroxyl groups is 1. The first-order valence-electron chi connectivity index (χ1n) is 10.6. The highest BCUT2D eigenvalue weighted by Gasteiger charge is 2.23. The van der Waals surface area contributed by atoms with Crippen LogP contribution in [0.2, 0.25) is 0 Å². The van der Waals surface area contributed by atoms with Crippen LogP contribution in [0.15, 0.2) is 36.7 Å². The van der Waals surface area contributed by atoms with Gasteiger partial charge in [0.05, 0.1) is 53.9 Å². The van der Waals surface area contributed by atoms with Crippen LogP contribution in [0.4, 0.5) is 5.13 Å². The van der Waals surface area contributed by atoms with Gasteiger partial charge in [-0.25, -0.2) is 9.97 Å². The molecule has 0 aliphatic heterocycles. The number of benzene rings is 2. The van der Waals surface area contributed by atoms with Gasteiger partial charge in [-0.2, -0.15) is 0 Å². The number of methoxy groups -OCH3 is 2. The van der Waals surface area contributed by atoms with E-state index in [4.69, 9.17) is 14.5 Å². The fourth-order valence-corrected chi connectivity index (χ4v) is 5.27. The molecule has 1 aliphatic rings. The first kappa shape index (κ1) is 20.1. The molecule has 2 aromatic carbocycles. The molecule has 0 saturated heterocycles. The molecule has 8 heteroatoms. The van der Waals surface area contributed by atoms with Crippen molar-refractivity contribution in [2.75, 3.05) is 19.5 Å². The number of fused-ring (bicyclic) bond motifs is 2. The smallest absolute Gasteiger partial charge is 0.184 e. The number of aliphatic hydroxyl groups excluding tert-OH is 1. The quantitative estimate of drug-likeness (QED) is 0.464. The molecule has 7 nitrogen and oxygen atoms in total. The maximum absolute atomic E-state index is 10.2. The standard InChI is InChI=1S/C23H26N4O3S/c1-29-20-10-17-18(11-21(20)30-2)27(13-24-17)12-14-7-8-16-22(9-14)31-23(26-16)25-15-5-3-4-6-19(15)28/h7-11,13,15,19,28H,3-6,12H2,1-2H3,(H,25,26). The molecule has 1 fully saturated rings. The number of aromatic nitrogens is 3. The van der Waals surface area contributed by atoms with E-state index < -0.39 is 0 Å². The number of hydrogen-bond acceptors (Lipinski definition) is 7. The van der Waals surface area contributed by atoms with Gasteiger partial charge in [-0.15, -0.1) is 0 Å². The van der Waals surface area contributed by atoms with Crippen LogP contribution in [0.5, 0.6) is 11.5 Å². The van der Waals surface area contributed by atoms with Crippen LogP contribution in [0.3, 0.4) is 0 Å². The highest BCUT2D eigenvalue weighted by atomic mass is 32.1. The SMILES string of the molecule is COc1cc2ncn(Cc3ccc4nc(NC5CCCCC5O)sc4c3)c2cc1OC. The van der Waals surface area contributed by atoms with Crippen LogP contribution in [-0.2, 0) is 6.54 Å². The summed E-state index contributed by atoms with van der Waals surface area (Å²) in [5, 5.41) is 14.6. The van der Waals surface area contributed by atoms with E-state index in [1.54, 1.807) is 25.6 Å². The lowest BCUT2D eigenvalue weighted by Crippen LogP contribution is -2.36. The first-order valence-corrected chi connectivity index (χ1v) is 11.4. The van der Waals surface area contributed by atoms with E-state index in [1.807, 2.05) is 18.5 Å². The van der Waals surface area contributed by atoms with Crippen LogP contribution in [-0.4, -0.2) is 46.0 Å². The summed E-state index contributed by atoms with van der Waals surface area (Å²) in [7, 11) is 3.27. The molecule has 162 valence electrons. The maximum Gasteiger partial charge on any atom is 0.184 e. The fraction of sp³-hybridized carbons (Fsp3) is 0.391. The van der Waals surface area contributed by atoms with Crippen molar-refractivity contribution in [3.8, 4) is 11.5 Å². The molecule has 4 aromatic rings. The summed E-state index contributed by atoms with van der Waals surface area (Å²) < 4.78 is 14.1. The summed E-state index contributed by atoms with van der Waals surface area (Å²) in [6.07, 6.45) is 5.66. The van der Waals surface area contributed by atoms with Crippen molar-refractivity contribution < 1.29 is 14.6 Å². The first-order chi connectivity index (χ1) is 15.1. The van der Waals surface area contributed by atoms with Crippen LogP contribution in [0.25, 0.3) is 21.3 Å². The topological polar surface area (TPSA) is 81.4 Å². The molecular formula is C23H26N4O3S. The molecule has 2 heterocycles. The van der Waals surface area contributed by atoms with Gasteiger partial charge in [0.2, 0.25) is 0 Å². The molecule has 2 aromatic heterocycles. The second-order valence-corrected chi connectivity index (χ2v) is 9.02. The summed E-state index contributed by atoms with van der Waals surface area (Å²) in [6.45, 7) is 0.698. The number of anilines is 1. The Morgan fingerprint density at radius 3 is 2.71 bits per heavy atom. The minimum atomic E-state index is -0.290. The minimum absolute atomic E-state index is 0.0954. The molecule has 0 amide bonds. The molecule has 31 heavy (non-hydrogen) atoms. The van der Waals surface area contributed by atoms with Gasteiger partial charge in [0.25, 0.3) is 0 Å². The summed E-state index contributed by atoms with van der Waals surface area (Å²) >= 11 is 1.64. The fourth-order valence-electron chi connectivity index (χ4n) is 4.28. The molecule has 2 unspecified atom stereocenters. The van der Waals surface area contributed by atoms with Gasteiger partial charge in [-0.1, -0.05) is 30.2 Å². The van der Waals surface area contributed by atoms with Crippen molar-refractivity contribution in [2.45, 2.75) is 44.4 Å². The number of thiazole rings is 1. The summed E-state index contributed by atoms with van der Waals surface area (Å²) in [6, 6.07) is 10.3. The second kappa shape index (κ2) is 8.36. The second-order valence-electron chi connectivity index (χ2n) is 7.99. The molecule has 0 spiro atoms. The van der Waals surface area contributed by atoms with E-state index >= 15 is 0 Å². The lowest BCUT2D eigenvalue weighted by Gasteiger charge is -2.27. The largest absolute Gasteiger partial charge is 0.493 e. The van der Waals surface area contributed by atoms with Crippen molar-refractivity contribution in [1.29, 1.82) is 0 Å². The van der Waals surface area contributed by atoms with E-state index in [9.17, 15) is 5.11 Å². The van der Waals surface area contributed by atoms with Crippen LogP contribution in [0, 0.1) is 0 Å². The van der Waals surface area contributed by atoms with Gasteiger partial charge in [0.1, 0.15) is 0 Å². The normalized spacial score (nSPS) is 19.1. The summed E-state index contributed by atoms with van der Waals surface area (Å²) in [5.74, 6) is 1.37.